The minimum Gasteiger partial charge on any atom is -0.378 e. The fourth-order valence-electron chi connectivity index (χ4n) is 1.67. The summed E-state index contributed by atoms with van der Waals surface area (Å²) in [5.41, 5.74) is 0.876. The molecule has 1 N–H and O–H groups in total. The van der Waals surface area contributed by atoms with E-state index in [4.69, 9.17) is 16.3 Å². The molecule has 0 radical (unpaired) electrons. The number of halogens is 1. The summed E-state index contributed by atoms with van der Waals surface area (Å²) in [4.78, 5) is 13.5. The molecular formula is C13H15ClN2O2. The maximum absolute atomic E-state index is 11.7. The highest BCUT2D eigenvalue weighted by Gasteiger charge is 2.14. The molecule has 1 saturated heterocycles. The summed E-state index contributed by atoms with van der Waals surface area (Å²) in [6, 6.07) is 7.35. The predicted octanol–water partition coefficient (Wildman–Crippen LogP) is 2.35. The van der Waals surface area contributed by atoms with Crippen molar-refractivity contribution in [3.8, 4) is 0 Å². The summed E-state index contributed by atoms with van der Waals surface area (Å²) >= 11 is 6.00. The Morgan fingerprint density at radius 1 is 1.33 bits per heavy atom. The van der Waals surface area contributed by atoms with Crippen molar-refractivity contribution in [2.75, 3.05) is 26.3 Å². The third-order valence-electron chi connectivity index (χ3n) is 2.67. The number of benzene rings is 1. The molecule has 0 saturated carbocycles. The van der Waals surface area contributed by atoms with Gasteiger partial charge in [-0.3, -0.25) is 0 Å². The summed E-state index contributed by atoms with van der Waals surface area (Å²) in [6.45, 7) is 2.46. The summed E-state index contributed by atoms with van der Waals surface area (Å²) in [6.07, 6.45) is 3.39. The van der Waals surface area contributed by atoms with Crippen molar-refractivity contribution in [1.29, 1.82) is 0 Å². The van der Waals surface area contributed by atoms with Crippen LogP contribution in [0, 0.1) is 0 Å². The second-order valence-corrected chi connectivity index (χ2v) is 4.31. The van der Waals surface area contributed by atoms with Gasteiger partial charge in [0.2, 0.25) is 0 Å². The minimum absolute atomic E-state index is 0.110. The number of nitrogens with one attached hydrogen (secondary N) is 1. The van der Waals surface area contributed by atoms with E-state index in [1.807, 2.05) is 24.3 Å². The van der Waals surface area contributed by atoms with E-state index in [1.165, 1.54) is 0 Å². The van der Waals surface area contributed by atoms with Gasteiger partial charge < -0.3 is 15.0 Å². The lowest BCUT2D eigenvalue weighted by atomic mass is 10.2. The standard InChI is InChI=1S/C13H15ClN2O2/c14-12-4-2-1-3-11(12)5-6-15-13(17)16-7-9-18-10-8-16/h1-6H,7-10H2,(H,15,17)/b6-5+. The van der Waals surface area contributed by atoms with Crippen LogP contribution in [0.4, 0.5) is 4.79 Å². The minimum atomic E-state index is -0.110. The van der Waals surface area contributed by atoms with Crippen LogP contribution in [-0.2, 0) is 4.74 Å². The van der Waals surface area contributed by atoms with E-state index in [0.29, 0.717) is 31.3 Å². The van der Waals surface area contributed by atoms with Crippen molar-refractivity contribution in [2.45, 2.75) is 0 Å². The summed E-state index contributed by atoms with van der Waals surface area (Å²) in [7, 11) is 0. The van der Waals surface area contributed by atoms with E-state index in [-0.39, 0.29) is 6.03 Å². The fourth-order valence-corrected chi connectivity index (χ4v) is 1.87. The van der Waals surface area contributed by atoms with E-state index in [0.717, 1.165) is 5.56 Å². The second kappa shape index (κ2) is 6.42. The molecule has 96 valence electrons. The average Bonchev–Trinajstić information content (AvgIpc) is 2.42. The zero-order chi connectivity index (χ0) is 12.8. The van der Waals surface area contributed by atoms with Crippen molar-refractivity contribution in [2.24, 2.45) is 0 Å². The third kappa shape index (κ3) is 3.48. The van der Waals surface area contributed by atoms with Gasteiger partial charge in [0.1, 0.15) is 0 Å². The van der Waals surface area contributed by atoms with E-state index in [2.05, 4.69) is 5.32 Å². The van der Waals surface area contributed by atoms with Crippen LogP contribution >= 0.6 is 11.6 Å². The van der Waals surface area contributed by atoms with Gasteiger partial charge in [-0.1, -0.05) is 29.8 Å². The number of nitrogens with zero attached hydrogens (tertiary/aromatic N) is 1. The van der Waals surface area contributed by atoms with Gasteiger partial charge in [0.05, 0.1) is 13.2 Å². The average molecular weight is 267 g/mol. The number of carbonyl (C=O) groups excluding carboxylic acids is 1. The molecule has 2 rings (SSSR count). The van der Waals surface area contributed by atoms with Crippen LogP contribution in [-0.4, -0.2) is 37.2 Å². The van der Waals surface area contributed by atoms with E-state index in [9.17, 15) is 4.79 Å². The predicted molar refractivity (Wildman–Crippen MR) is 71.4 cm³/mol. The van der Waals surface area contributed by atoms with Gasteiger partial charge in [-0.25, -0.2) is 4.79 Å². The molecule has 2 amide bonds. The molecule has 0 unspecified atom stereocenters. The first-order valence-electron chi connectivity index (χ1n) is 5.81. The van der Waals surface area contributed by atoms with Gasteiger partial charge in [0, 0.05) is 24.3 Å². The molecule has 1 aliphatic heterocycles. The monoisotopic (exact) mass is 266 g/mol. The third-order valence-corrected chi connectivity index (χ3v) is 3.02. The van der Waals surface area contributed by atoms with E-state index in [1.54, 1.807) is 17.2 Å². The molecule has 0 spiro atoms. The Balaban J connectivity index is 1.87. The molecule has 5 heteroatoms. The molecule has 1 aliphatic rings. The SMILES string of the molecule is O=C(N/C=C/c1ccccc1Cl)N1CCOCC1. The highest BCUT2D eigenvalue weighted by molar-refractivity contribution is 6.32. The lowest BCUT2D eigenvalue weighted by molar-refractivity contribution is 0.0540. The number of rotatable bonds is 2. The molecule has 0 aliphatic carbocycles. The number of carbonyl (C=O) groups is 1. The van der Waals surface area contributed by atoms with Crippen molar-refractivity contribution >= 4 is 23.7 Å². The van der Waals surface area contributed by atoms with Gasteiger partial charge in [-0.05, 0) is 17.7 Å². The fraction of sp³-hybridized carbons (Fsp3) is 0.308. The zero-order valence-corrected chi connectivity index (χ0v) is 10.7. The first kappa shape index (κ1) is 12.9. The Morgan fingerprint density at radius 2 is 2.06 bits per heavy atom. The number of amides is 2. The first-order valence-corrected chi connectivity index (χ1v) is 6.19. The normalized spacial score (nSPS) is 15.9. The van der Waals surface area contributed by atoms with Crippen molar-refractivity contribution in [3.05, 3.63) is 41.1 Å². The molecule has 0 bridgehead atoms. The van der Waals surface area contributed by atoms with Crippen LogP contribution in [0.15, 0.2) is 30.5 Å². The summed E-state index contributed by atoms with van der Waals surface area (Å²) in [5.74, 6) is 0. The maximum Gasteiger partial charge on any atom is 0.321 e. The van der Waals surface area contributed by atoms with Crippen LogP contribution < -0.4 is 5.32 Å². The largest absolute Gasteiger partial charge is 0.378 e. The Hall–Kier alpha value is -1.52. The Morgan fingerprint density at radius 3 is 2.78 bits per heavy atom. The zero-order valence-electron chi connectivity index (χ0n) is 9.93. The molecule has 4 nitrogen and oxygen atoms in total. The number of ether oxygens (including phenoxy) is 1. The van der Waals surface area contributed by atoms with Gasteiger partial charge >= 0.3 is 6.03 Å². The molecule has 0 atom stereocenters. The molecule has 1 fully saturated rings. The van der Waals surface area contributed by atoms with Crippen molar-refractivity contribution in [3.63, 3.8) is 0 Å². The molecular weight excluding hydrogens is 252 g/mol. The molecule has 1 heterocycles. The lowest BCUT2D eigenvalue weighted by Crippen LogP contribution is -2.44. The van der Waals surface area contributed by atoms with Crippen molar-refractivity contribution in [1.82, 2.24) is 10.2 Å². The molecule has 1 aromatic rings. The van der Waals surface area contributed by atoms with Gasteiger partial charge in [0.25, 0.3) is 0 Å². The van der Waals surface area contributed by atoms with Crippen LogP contribution in [0.5, 0.6) is 0 Å². The van der Waals surface area contributed by atoms with Crippen molar-refractivity contribution < 1.29 is 9.53 Å². The topological polar surface area (TPSA) is 41.6 Å². The Bertz CT molecular complexity index is 442. The number of morpholine rings is 1. The molecule has 18 heavy (non-hydrogen) atoms. The lowest BCUT2D eigenvalue weighted by Gasteiger charge is -2.26. The summed E-state index contributed by atoms with van der Waals surface area (Å²) < 4.78 is 5.18. The number of hydrogen-bond acceptors (Lipinski definition) is 2. The van der Waals surface area contributed by atoms with Crippen LogP contribution in [0.25, 0.3) is 6.08 Å². The maximum atomic E-state index is 11.7. The second-order valence-electron chi connectivity index (χ2n) is 3.90. The van der Waals surface area contributed by atoms with E-state index >= 15 is 0 Å². The quantitative estimate of drug-likeness (QED) is 0.893. The van der Waals surface area contributed by atoms with Crippen LogP contribution in [0.2, 0.25) is 5.02 Å². The van der Waals surface area contributed by atoms with Gasteiger partial charge in [0.15, 0.2) is 0 Å². The molecule has 1 aromatic carbocycles. The summed E-state index contributed by atoms with van der Waals surface area (Å²) in [5, 5.41) is 3.38. The van der Waals surface area contributed by atoms with Gasteiger partial charge in [-0.15, -0.1) is 0 Å². The van der Waals surface area contributed by atoms with E-state index < -0.39 is 0 Å². The first-order chi connectivity index (χ1) is 8.77. The van der Waals surface area contributed by atoms with Crippen LogP contribution in [0.1, 0.15) is 5.56 Å². The van der Waals surface area contributed by atoms with Gasteiger partial charge in [-0.2, -0.15) is 0 Å². The number of urea groups is 1. The smallest absolute Gasteiger partial charge is 0.321 e. The Kier molecular flexibility index (Phi) is 4.61. The molecule has 0 aromatic heterocycles. The number of hydrogen-bond donors (Lipinski definition) is 1. The van der Waals surface area contributed by atoms with Crippen LogP contribution in [0.3, 0.4) is 0 Å². The highest BCUT2D eigenvalue weighted by atomic mass is 35.5. The highest BCUT2D eigenvalue weighted by Crippen LogP contribution is 2.15. The Labute approximate surface area is 111 Å².